The van der Waals surface area contributed by atoms with Crippen molar-refractivity contribution in [2.75, 3.05) is 7.11 Å². The van der Waals surface area contributed by atoms with Crippen LogP contribution >= 0.6 is 0 Å². The highest BCUT2D eigenvalue weighted by atomic mass is 16.5. The molecule has 0 unspecified atom stereocenters. The first-order chi connectivity index (χ1) is 13.1. The van der Waals surface area contributed by atoms with Crippen LogP contribution in [0.15, 0.2) is 64.4 Å². The van der Waals surface area contributed by atoms with Gasteiger partial charge in [-0.25, -0.2) is 4.68 Å². The number of rotatable bonds is 7. The SMILES string of the molecule is CCCc1[nH]n(-c2ccc(OC)cc2)c(=O)c1C(C)=NCc1ccccc1. The Morgan fingerprint density at radius 3 is 2.44 bits per heavy atom. The van der Waals surface area contributed by atoms with Gasteiger partial charge < -0.3 is 4.74 Å². The van der Waals surface area contributed by atoms with E-state index in [9.17, 15) is 4.79 Å². The molecule has 0 spiro atoms. The Bertz CT molecular complexity index is 967. The molecule has 1 N–H and O–H groups in total. The summed E-state index contributed by atoms with van der Waals surface area (Å²) in [6, 6.07) is 17.5. The largest absolute Gasteiger partial charge is 0.497 e. The van der Waals surface area contributed by atoms with Gasteiger partial charge in [0.1, 0.15) is 5.75 Å². The number of aliphatic imine (C=N–C) groups is 1. The molecule has 0 atom stereocenters. The van der Waals surface area contributed by atoms with E-state index in [4.69, 9.17) is 4.74 Å². The van der Waals surface area contributed by atoms with Crippen LogP contribution in [-0.2, 0) is 13.0 Å². The first kappa shape index (κ1) is 18.7. The lowest BCUT2D eigenvalue weighted by molar-refractivity contribution is 0.414. The third-order valence-corrected chi connectivity index (χ3v) is 4.50. The number of hydrogen-bond acceptors (Lipinski definition) is 3. The highest BCUT2D eigenvalue weighted by Gasteiger charge is 2.17. The molecule has 5 nitrogen and oxygen atoms in total. The van der Waals surface area contributed by atoms with Gasteiger partial charge in [-0.15, -0.1) is 0 Å². The third-order valence-electron chi connectivity index (χ3n) is 4.50. The van der Waals surface area contributed by atoms with Crippen LogP contribution in [0.2, 0.25) is 0 Å². The summed E-state index contributed by atoms with van der Waals surface area (Å²) in [5, 5.41) is 3.27. The minimum Gasteiger partial charge on any atom is -0.497 e. The number of aromatic amines is 1. The summed E-state index contributed by atoms with van der Waals surface area (Å²) >= 11 is 0. The molecule has 1 aromatic heterocycles. The number of aryl methyl sites for hydroxylation is 1. The lowest BCUT2D eigenvalue weighted by Gasteiger charge is -2.03. The first-order valence-electron chi connectivity index (χ1n) is 9.17. The molecule has 0 saturated heterocycles. The molecule has 1 heterocycles. The van der Waals surface area contributed by atoms with Gasteiger partial charge in [0.05, 0.1) is 24.9 Å². The highest BCUT2D eigenvalue weighted by molar-refractivity contribution is 5.99. The van der Waals surface area contributed by atoms with Gasteiger partial charge >= 0.3 is 0 Å². The molecule has 0 saturated carbocycles. The quantitative estimate of drug-likeness (QED) is 0.642. The van der Waals surface area contributed by atoms with Gasteiger partial charge in [-0.1, -0.05) is 43.7 Å². The monoisotopic (exact) mass is 363 g/mol. The van der Waals surface area contributed by atoms with E-state index in [1.165, 1.54) is 0 Å². The van der Waals surface area contributed by atoms with E-state index in [-0.39, 0.29) is 5.56 Å². The molecule has 0 fully saturated rings. The number of methoxy groups -OCH3 is 1. The molecule has 0 bridgehead atoms. The summed E-state index contributed by atoms with van der Waals surface area (Å²) in [4.78, 5) is 17.8. The van der Waals surface area contributed by atoms with E-state index in [1.54, 1.807) is 11.8 Å². The van der Waals surface area contributed by atoms with Crippen molar-refractivity contribution in [2.45, 2.75) is 33.2 Å². The summed E-state index contributed by atoms with van der Waals surface area (Å²) < 4.78 is 6.78. The lowest BCUT2D eigenvalue weighted by atomic mass is 10.1. The van der Waals surface area contributed by atoms with Crippen molar-refractivity contribution in [1.82, 2.24) is 9.78 Å². The van der Waals surface area contributed by atoms with Crippen LogP contribution in [-0.4, -0.2) is 22.6 Å². The molecule has 5 heteroatoms. The lowest BCUT2D eigenvalue weighted by Crippen LogP contribution is -2.19. The molecule has 3 aromatic rings. The third kappa shape index (κ3) is 4.19. The number of H-pyrrole nitrogens is 1. The van der Waals surface area contributed by atoms with Gasteiger partial charge in [-0.05, 0) is 43.2 Å². The molecule has 27 heavy (non-hydrogen) atoms. The number of ether oxygens (including phenoxy) is 1. The van der Waals surface area contributed by atoms with E-state index < -0.39 is 0 Å². The Kier molecular flexibility index (Phi) is 5.91. The zero-order valence-electron chi connectivity index (χ0n) is 16.0. The molecule has 0 radical (unpaired) electrons. The van der Waals surface area contributed by atoms with Crippen molar-refractivity contribution >= 4 is 5.71 Å². The summed E-state index contributed by atoms with van der Waals surface area (Å²) in [5.74, 6) is 0.757. The normalized spacial score (nSPS) is 11.6. The van der Waals surface area contributed by atoms with Crippen molar-refractivity contribution in [3.8, 4) is 11.4 Å². The van der Waals surface area contributed by atoms with Crippen LogP contribution in [0.1, 0.15) is 37.1 Å². The Hall–Kier alpha value is -3.08. The van der Waals surface area contributed by atoms with E-state index in [2.05, 4.69) is 17.0 Å². The Labute approximate surface area is 159 Å². The summed E-state index contributed by atoms with van der Waals surface area (Å²) in [6.45, 7) is 4.57. The number of benzene rings is 2. The molecular weight excluding hydrogens is 338 g/mol. The average Bonchev–Trinajstić information content (AvgIpc) is 3.03. The molecule has 0 aliphatic heterocycles. The zero-order valence-corrected chi connectivity index (χ0v) is 16.0. The molecule has 2 aromatic carbocycles. The van der Waals surface area contributed by atoms with E-state index in [1.807, 2.05) is 61.5 Å². The highest BCUT2D eigenvalue weighted by Crippen LogP contribution is 2.15. The summed E-state index contributed by atoms with van der Waals surface area (Å²) in [5.41, 5.74) is 4.19. The van der Waals surface area contributed by atoms with E-state index in [0.717, 1.165) is 41.2 Å². The van der Waals surface area contributed by atoms with Crippen molar-refractivity contribution in [2.24, 2.45) is 4.99 Å². The molecule has 0 aliphatic rings. The fourth-order valence-electron chi connectivity index (χ4n) is 3.07. The zero-order chi connectivity index (χ0) is 19.2. The minimum atomic E-state index is -0.0714. The number of nitrogens with one attached hydrogen (secondary N) is 1. The van der Waals surface area contributed by atoms with Gasteiger partial charge in [0, 0.05) is 11.4 Å². The topological polar surface area (TPSA) is 59.4 Å². The van der Waals surface area contributed by atoms with Crippen LogP contribution in [0, 0.1) is 0 Å². The number of nitrogens with zero attached hydrogens (tertiary/aromatic N) is 2. The second kappa shape index (κ2) is 8.54. The Morgan fingerprint density at radius 1 is 1.11 bits per heavy atom. The standard InChI is InChI=1S/C22H25N3O2/c1-4-8-20-21(16(2)23-15-17-9-6-5-7-10-17)22(26)25(24-20)18-11-13-19(27-3)14-12-18/h5-7,9-14,24H,4,8,15H2,1-3H3. The number of aromatic nitrogens is 2. The van der Waals surface area contributed by atoms with Gasteiger partial charge in [-0.2, -0.15) is 0 Å². The summed E-state index contributed by atoms with van der Waals surface area (Å²) in [6.07, 6.45) is 1.74. The Morgan fingerprint density at radius 2 is 1.81 bits per heavy atom. The second-order valence-corrected chi connectivity index (χ2v) is 6.44. The second-order valence-electron chi connectivity index (χ2n) is 6.44. The number of hydrogen-bond donors (Lipinski definition) is 1. The van der Waals surface area contributed by atoms with Crippen LogP contribution < -0.4 is 10.3 Å². The van der Waals surface area contributed by atoms with Crippen molar-refractivity contribution < 1.29 is 4.74 Å². The van der Waals surface area contributed by atoms with Crippen molar-refractivity contribution in [3.05, 3.63) is 81.8 Å². The predicted molar refractivity (Wildman–Crippen MR) is 109 cm³/mol. The van der Waals surface area contributed by atoms with Crippen LogP contribution in [0.3, 0.4) is 0 Å². The van der Waals surface area contributed by atoms with Crippen LogP contribution in [0.25, 0.3) is 5.69 Å². The maximum atomic E-state index is 13.1. The van der Waals surface area contributed by atoms with Gasteiger partial charge in [0.2, 0.25) is 0 Å². The predicted octanol–water partition coefficient (Wildman–Crippen LogP) is 4.14. The van der Waals surface area contributed by atoms with Crippen LogP contribution in [0.4, 0.5) is 0 Å². The van der Waals surface area contributed by atoms with Gasteiger partial charge in [-0.3, -0.25) is 14.9 Å². The van der Waals surface area contributed by atoms with E-state index >= 15 is 0 Å². The fraction of sp³-hybridized carbons (Fsp3) is 0.273. The first-order valence-corrected chi connectivity index (χ1v) is 9.17. The molecule has 3 rings (SSSR count). The fourth-order valence-corrected chi connectivity index (χ4v) is 3.07. The van der Waals surface area contributed by atoms with Crippen molar-refractivity contribution in [1.29, 1.82) is 0 Å². The molecule has 0 aliphatic carbocycles. The van der Waals surface area contributed by atoms with Gasteiger partial charge in [0.25, 0.3) is 5.56 Å². The maximum Gasteiger partial charge on any atom is 0.280 e. The molecule has 0 amide bonds. The van der Waals surface area contributed by atoms with Crippen LogP contribution in [0.5, 0.6) is 5.75 Å². The molecular formula is C22H25N3O2. The minimum absolute atomic E-state index is 0.0714. The smallest absolute Gasteiger partial charge is 0.280 e. The average molecular weight is 363 g/mol. The van der Waals surface area contributed by atoms with E-state index in [0.29, 0.717) is 12.1 Å². The van der Waals surface area contributed by atoms with Crippen molar-refractivity contribution in [3.63, 3.8) is 0 Å². The van der Waals surface area contributed by atoms with Gasteiger partial charge in [0.15, 0.2) is 0 Å². The summed E-state index contributed by atoms with van der Waals surface area (Å²) in [7, 11) is 1.62. The molecule has 140 valence electrons. The Balaban J connectivity index is 1.98. The maximum absolute atomic E-state index is 13.1.